The molecule has 1 aliphatic heterocycles. The van der Waals surface area contributed by atoms with Gasteiger partial charge in [-0.1, -0.05) is 18.2 Å². The number of benzene rings is 1. The summed E-state index contributed by atoms with van der Waals surface area (Å²) in [4.78, 5) is 15.5. The van der Waals surface area contributed by atoms with Crippen LogP contribution in [0.25, 0.3) is 0 Å². The van der Waals surface area contributed by atoms with Gasteiger partial charge in [0.2, 0.25) is 5.91 Å². The third-order valence-electron chi connectivity index (χ3n) is 3.62. The second-order valence-electron chi connectivity index (χ2n) is 5.21. The molecular formula is C15H22N2OS. The average Bonchev–Trinajstić information content (AvgIpc) is 2.83. The molecule has 1 aliphatic rings. The van der Waals surface area contributed by atoms with Gasteiger partial charge in [-0.25, -0.2) is 0 Å². The zero-order valence-corrected chi connectivity index (χ0v) is 12.5. The topological polar surface area (TPSA) is 32.3 Å². The van der Waals surface area contributed by atoms with Gasteiger partial charge in [-0.3, -0.25) is 4.79 Å². The Morgan fingerprint density at radius 2 is 2.26 bits per heavy atom. The number of likely N-dealkylation sites (tertiary alicyclic amines) is 1. The van der Waals surface area contributed by atoms with Crippen molar-refractivity contribution in [2.45, 2.75) is 17.7 Å². The summed E-state index contributed by atoms with van der Waals surface area (Å²) >= 11 is 1.69. The van der Waals surface area contributed by atoms with E-state index < -0.39 is 0 Å². The second-order valence-corrected chi connectivity index (χ2v) is 6.06. The van der Waals surface area contributed by atoms with E-state index in [-0.39, 0.29) is 5.91 Å². The number of nitrogens with zero attached hydrogens (tertiary/aromatic N) is 1. The molecule has 1 unspecified atom stereocenters. The van der Waals surface area contributed by atoms with Crippen molar-refractivity contribution in [3.8, 4) is 0 Å². The fraction of sp³-hybridized carbons (Fsp3) is 0.533. The monoisotopic (exact) mass is 278 g/mol. The minimum absolute atomic E-state index is 0.135. The van der Waals surface area contributed by atoms with Crippen LogP contribution < -0.4 is 5.32 Å². The van der Waals surface area contributed by atoms with Gasteiger partial charge in [0.15, 0.2) is 0 Å². The van der Waals surface area contributed by atoms with Crippen molar-refractivity contribution in [1.29, 1.82) is 0 Å². The molecule has 1 amide bonds. The molecule has 0 aromatic heterocycles. The van der Waals surface area contributed by atoms with Gasteiger partial charge in [-0.2, -0.15) is 0 Å². The van der Waals surface area contributed by atoms with E-state index in [0.717, 1.165) is 25.2 Å². The van der Waals surface area contributed by atoms with Gasteiger partial charge in [0, 0.05) is 18.0 Å². The molecular weight excluding hydrogens is 256 g/mol. The maximum absolute atomic E-state index is 12.0. The highest BCUT2D eigenvalue weighted by atomic mass is 32.2. The molecule has 1 N–H and O–H groups in total. The number of thioether (sulfide) groups is 1. The smallest absolute Gasteiger partial charge is 0.224 e. The van der Waals surface area contributed by atoms with Crippen molar-refractivity contribution in [1.82, 2.24) is 10.2 Å². The van der Waals surface area contributed by atoms with Gasteiger partial charge in [0.1, 0.15) is 0 Å². The normalized spacial score (nSPS) is 19.6. The van der Waals surface area contributed by atoms with Crippen LogP contribution in [-0.4, -0.2) is 43.7 Å². The number of amides is 1. The Balaban J connectivity index is 1.81. The van der Waals surface area contributed by atoms with Gasteiger partial charge in [0.25, 0.3) is 0 Å². The largest absolute Gasteiger partial charge is 0.355 e. The lowest BCUT2D eigenvalue weighted by molar-refractivity contribution is -0.120. The molecule has 0 radical (unpaired) electrons. The van der Waals surface area contributed by atoms with Gasteiger partial charge in [-0.15, -0.1) is 11.8 Å². The maximum atomic E-state index is 12.0. The van der Waals surface area contributed by atoms with E-state index in [1.54, 1.807) is 11.8 Å². The first-order chi connectivity index (χ1) is 9.19. The number of nitrogens with one attached hydrogen (secondary N) is 1. The van der Waals surface area contributed by atoms with Gasteiger partial charge >= 0.3 is 0 Å². The van der Waals surface area contributed by atoms with Crippen molar-refractivity contribution in [2.75, 3.05) is 32.9 Å². The van der Waals surface area contributed by atoms with Crippen molar-refractivity contribution < 1.29 is 4.79 Å². The quantitative estimate of drug-likeness (QED) is 0.836. The van der Waals surface area contributed by atoms with Crippen LogP contribution in [0.5, 0.6) is 0 Å². The van der Waals surface area contributed by atoms with Crippen molar-refractivity contribution in [3.63, 3.8) is 0 Å². The lowest BCUT2D eigenvalue weighted by atomic mass is 10.1. The summed E-state index contributed by atoms with van der Waals surface area (Å²) in [6.45, 7) is 3.06. The standard InChI is InChI=1S/C15H22N2OS/c1-17-8-7-12(11-17)10-16-15(18)9-13-5-3-4-6-14(13)19-2/h3-6,12H,7-11H2,1-2H3,(H,16,18). The Hall–Kier alpha value is -1.00. The summed E-state index contributed by atoms with van der Waals surface area (Å²) < 4.78 is 0. The summed E-state index contributed by atoms with van der Waals surface area (Å²) in [5.74, 6) is 0.751. The Bertz CT molecular complexity index is 436. The first-order valence-electron chi connectivity index (χ1n) is 6.76. The minimum Gasteiger partial charge on any atom is -0.355 e. The predicted molar refractivity (Wildman–Crippen MR) is 80.5 cm³/mol. The Labute approximate surface area is 119 Å². The molecule has 0 saturated carbocycles. The molecule has 1 heterocycles. The zero-order chi connectivity index (χ0) is 13.7. The van der Waals surface area contributed by atoms with Crippen LogP contribution in [0.3, 0.4) is 0 Å². The Kier molecular flexibility index (Phi) is 5.28. The SMILES string of the molecule is CSc1ccccc1CC(=O)NCC1CCN(C)C1. The fourth-order valence-electron chi connectivity index (χ4n) is 2.54. The number of hydrogen-bond donors (Lipinski definition) is 1. The summed E-state index contributed by atoms with van der Waals surface area (Å²) in [6.07, 6.45) is 3.73. The van der Waals surface area contributed by atoms with Crippen LogP contribution in [0.4, 0.5) is 0 Å². The molecule has 0 aliphatic carbocycles. The van der Waals surface area contributed by atoms with Crippen LogP contribution in [0, 0.1) is 5.92 Å². The molecule has 0 bridgehead atoms. The van der Waals surface area contributed by atoms with E-state index in [0.29, 0.717) is 12.3 Å². The second kappa shape index (κ2) is 6.96. The highest BCUT2D eigenvalue weighted by Gasteiger charge is 2.19. The van der Waals surface area contributed by atoms with E-state index in [1.807, 2.05) is 24.5 Å². The third kappa shape index (κ3) is 4.25. The summed E-state index contributed by atoms with van der Waals surface area (Å²) in [5, 5.41) is 3.07. The summed E-state index contributed by atoms with van der Waals surface area (Å²) in [7, 11) is 2.14. The minimum atomic E-state index is 0.135. The molecule has 4 heteroatoms. The van der Waals surface area contributed by atoms with E-state index >= 15 is 0 Å². The molecule has 3 nitrogen and oxygen atoms in total. The lowest BCUT2D eigenvalue weighted by Crippen LogP contribution is -2.31. The van der Waals surface area contributed by atoms with E-state index in [2.05, 4.69) is 23.3 Å². The van der Waals surface area contributed by atoms with Crippen molar-refractivity contribution in [2.24, 2.45) is 5.92 Å². The molecule has 19 heavy (non-hydrogen) atoms. The average molecular weight is 278 g/mol. The Morgan fingerprint density at radius 3 is 2.95 bits per heavy atom. The molecule has 1 aromatic rings. The molecule has 0 spiro atoms. The predicted octanol–water partition coefficient (Wildman–Crippen LogP) is 2.02. The van der Waals surface area contributed by atoms with Crippen LogP contribution >= 0.6 is 11.8 Å². The molecule has 1 atom stereocenters. The van der Waals surface area contributed by atoms with Crippen LogP contribution in [0.2, 0.25) is 0 Å². The van der Waals surface area contributed by atoms with Gasteiger partial charge < -0.3 is 10.2 Å². The van der Waals surface area contributed by atoms with Crippen molar-refractivity contribution in [3.05, 3.63) is 29.8 Å². The number of hydrogen-bond acceptors (Lipinski definition) is 3. The van der Waals surface area contributed by atoms with Crippen LogP contribution in [0.1, 0.15) is 12.0 Å². The van der Waals surface area contributed by atoms with Crippen LogP contribution in [-0.2, 0) is 11.2 Å². The van der Waals surface area contributed by atoms with Gasteiger partial charge in [-0.05, 0) is 43.8 Å². The molecule has 2 rings (SSSR count). The summed E-state index contributed by atoms with van der Waals surface area (Å²) in [5.41, 5.74) is 1.12. The first kappa shape index (κ1) is 14.4. The van der Waals surface area contributed by atoms with Crippen LogP contribution in [0.15, 0.2) is 29.2 Å². The summed E-state index contributed by atoms with van der Waals surface area (Å²) in [6, 6.07) is 8.11. The Morgan fingerprint density at radius 1 is 1.47 bits per heavy atom. The van der Waals surface area contributed by atoms with E-state index in [1.165, 1.54) is 11.3 Å². The van der Waals surface area contributed by atoms with E-state index in [9.17, 15) is 4.79 Å². The maximum Gasteiger partial charge on any atom is 0.224 e. The first-order valence-corrected chi connectivity index (χ1v) is 7.98. The number of rotatable bonds is 5. The highest BCUT2D eigenvalue weighted by molar-refractivity contribution is 7.98. The van der Waals surface area contributed by atoms with Crippen molar-refractivity contribution >= 4 is 17.7 Å². The highest BCUT2D eigenvalue weighted by Crippen LogP contribution is 2.20. The molecule has 1 aromatic carbocycles. The molecule has 1 fully saturated rings. The zero-order valence-electron chi connectivity index (χ0n) is 11.7. The molecule has 1 saturated heterocycles. The lowest BCUT2D eigenvalue weighted by Gasteiger charge is -2.12. The fourth-order valence-corrected chi connectivity index (χ4v) is 3.15. The number of carbonyl (C=O) groups is 1. The molecule has 104 valence electrons. The van der Waals surface area contributed by atoms with E-state index in [4.69, 9.17) is 0 Å². The number of carbonyl (C=O) groups excluding carboxylic acids is 1. The third-order valence-corrected chi connectivity index (χ3v) is 4.46. The van der Waals surface area contributed by atoms with Gasteiger partial charge in [0.05, 0.1) is 6.42 Å².